The van der Waals surface area contributed by atoms with Crippen molar-refractivity contribution in [2.75, 3.05) is 0 Å². The molecule has 1 spiro atoms. The van der Waals surface area contributed by atoms with Crippen LogP contribution in [0.5, 0.6) is 5.75 Å². The number of fused-ring (bicyclic) bond motifs is 6. The average molecular weight is 368 g/mol. The van der Waals surface area contributed by atoms with E-state index in [9.17, 15) is 15.1 Å². The number of carbonyl (C=O) groups is 1. The Labute approximate surface area is 158 Å². The quantitative estimate of drug-likeness (QED) is 0.482. The number of aromatic hydroxyl groups is 1. The second-order valence-electron chi connectivity index (χ2n) is 7.03. The molecule has 0 bridgehead atoms. The molecule has 6 nitrogen and oxygen atoms in total. The van der Waals surface area contributed by atoms with E-state index in [0.717, 1.165) is 16.5 Å². The lowest BCUT2D eigenvalue weighted by Gasteiger charge is -2.36. The van der Waals surface area contributed by atoms with Gasteiger partial charge in [-0.15, -0.1) is 0 Å². The molecule has 4 aromatic rings. The minimum absolute atomic E-state index is 0.0593. The Morgan fingerprint density at radius 2 is 1.82 bits per heavy atom. The van der Waals surface area contributed by atoms with Gasteiger partial charge >= 0.3 is 0 Å². The normalized spacial score (nSPS) is 19.1. The molecule has 3 aromatic carbocycles. The minimum Gasteiger partial charge on any atom is -0.507 e. The molecular formula is C22H12N2O4. The van der Waals surface area contributed by atoms with Crippen LogP contribution in [0.3, 0.4) is 0 Å². The summed E-state index contributed by atoms with van der Waals surface area (Å²) in [5, 5.41) is 28.6. The molecule has 6 heteroatoms. The molecular weight excluding hydrogens is 356 g/mol. The number of benzene rings is 3. The molecule has 1 heterocycles. The summed E-state index contributed by atoms with van der Waals surface area (Å²) in [7, 11) is 0. The van der Waals surface area contributed by atoms with Gasteiger partial charge in [-0.3, -0.25) is 9.42 Å². The highest BCUT2D eigenvalue weighted by atomic mass is 16.8. The number of rotatable bonds is 0. The first kappa shape index (κ1) is 15.2. The number of allylic oxidation sites excluding steroid dienone is 1. The molecule has 0 radical (unpaired) electrons. The SMILES string of the molecule is O=C1C=Cc2ccccc2C12c1no[n+]([O-])c1-c1c(O)ccc3cccc2c13. The van der Waals surface area contributed by atoms with Crippen molar-refractivity contribution in [3.8, 4) is 17.0 Å². The number of ketones is 1. The van der Waals surface area contributed by atoms with E-state index >= 15 is 0 Å². The third-order valence-corrected chi connectivity index (χ3v) is 5.78. The molecule has 1 atom stereocenters. The van der Waals surface area contributed by atoms with E-state index in [2.05, 4.69) is 5.16 Å². The van der Waals surface area contributed by atoms with E-state index in [1.807, 2.05) is 42.5 Å². The van der Waals surface area contributed by atoms with Crippen LogP contribution >= 0.6 is 0 Å². The Morgan fingerprint density at radius 1 is 1.00 bits per heavy atom. The van der Waals surface area contributed by atoms with Gasteiger partial charge in [-0.05, 0) is 39.1 Å². The molecule has 2 aliphatic carbocycles. The molecule has 28 heavy (non-hydrogen) atoms. The Hall–Kier alpha value is -3.93. The molecule has 1 N–H and O–H groups in total. The lowest BCUT2D eigenvalue weighted by Crippen LogP contribution is -2.43. The highest BCUT2D eigenvalue weighted by Gasteiger charge is 2.56. The third-order valence-electron chi connectivity index (χ3n) is 5.78. The van der Waals surface area contributed by atoms with Crippen molar-refractivity contribution in [1.82, 2.24) is 5.16 Å². The zero-order valence-corrected chi connectivity index (χ0v) is 14.4. The molecule has 0 saturated carbocycles. The van der Waals surface area contributed by atoms with Gasteiger partial charge in [-0.2, -0.15) is 0 Å². The van der Waals surface area contributed by atoms with Crippen molar-refractivity contribution in [2.45, 2.75) is 5.41 Å². The van der Waals surface area contributed by atoms with Gasteiger partial charge in [0.05, 0.1) is 5.56 Å². The number of nitrogens with zero attached hydrogens (tertiary/aromatic N) is 2. The van der Waals surface area contributed by atoms with Crippen molar-refractivity contribution in [3.63, 3.8) is 0 Å². The van der Waals surface area contributed by atoms with Crippen LogP contribution in [0.15, 0.2) is 65.3 Å². The maximum Gasteiger partial charge on any atom is 0.249 e. The van der Waals surface area contributed by atoms with E-state index in [4.69, 9.17) is 4.63 Å². The third kappa shape index (κ3) is 1.53. The smallest absolute Gasteiger partial charge is 0.249 e. The van der Waals surface area contributed by atoms with Crippen LogP contribution in [0.2, 0.25) is 0 Å². The maximum atomic E-state index is 13.5. The standard InChI is InChI=1S/C22H12N2O4/c25-16-10-8-13-5-3-7-15-18(13)19(16)20-21(23-28-24(20)27)22(15)14-6-2-1-4-12(14)9-11-17(22)26/h1-11,25H. The number of carbonyl (C=O) groups excluding carboxylic acids is 1. The zero-order chi connectivity index (χ0) is 19.0. The van der Waals surface area contributed by atoms with Crippen molar-refractivity contribution in [1.29, 1.82) is 0 Å². The number of phenols is 1. The Kier molecular flexibility index (Phi) is 2.63. The van der Waals surface area contributed by atoms with Gasteiger partial charge in [0.2, 0.25) is 11.4 Å². The van der Waals surface area contributed by atoms with Crippen molar-refractivity contribution in [3.05, 3.63) is 88.3 Å². The van der Waals surface area contributed by atoms with E-state index in [1.54, 1.807) is 12.1 Å². The number of hydrogen-bond donors (Lipinski definition) is 1. The predicted molar refractivity (Wildman–Crippen MR) is 100 cm³/mol. The van der Waals surface area contributed by atoms with Gasteiger partial charge in [0.25, 0.3) is 0 Å². The monoisotopic (exact) mass is 368 g/mol. The molecule has 1 aromatic heterocycles. The Bertz CT molecular complexity index is 1370. The lowest BCUT2D eigenvalue weighted by atomic mass is 9.61. The van der Waals surface area contributed by atoms with Crippen LogP contribution in [0, 0.1) is 5.21 Å². The molecule has 6 rings (SSSR count). The Balaban J connectivity index is 1.93. The van der Waals surface area contributed by atoms with Gasteiger partial charge in [0, 0.05) is 10.5 Å². The second-order valence-corrected chi connectivity index (χ2v) is 7.03. The van der Waals surface area contributed by atoms with Crippen LogP contribution in [-0.2, 0) is 10.2 Å². The van der Waals surface area contributed by atoms with Gasteiger partial charge < -0.3 is 10.3 Å². The van der Waals surface area contributed by atoms with E-state index in [0.29, 0.717) is 16.5 Å². The fourth-order valence-corrected chi connectivity index (χ4v) is 4.68. The van der Waals surface area contributed by atoms with Crippen LogP contribution in [0.1, 0.15) is 22.4 Å². The minimum atomic E-state index is -1.31. The number of aromatic nitrogens is 2. The first-order chi connectivity index (χ1) is 13.6. The van der Waals surface area contributed by atoms with Crippen LogP contribution < -0.4 is 4.90 Å². The molecule has 1 unspecified atom stereocenters. The molecule has 0 fully saturated rings. The van der Waals surface area contributed by atoms with Crippen molar-refractivity contribution < 1.29 is 19.4 Å². The van der Waals surface area contributed by atoms with E-state index in [-0.39, 0.29) is 27.8 Å². The summed E-state index contributed by atoms with van der Waals surface area (Å²) in [4.78, 5) is 13.8. The summed E-state index contributed by atoms with van der Waals surface area (Å²) in [5.41, 5.74) is 1.59. The topological polar surface area (TPSA) is 90.3 Å². The van der Waals surface area contributed by atoms with Gasteiger partial charge in [0.15, 0.2) is 11.2 Å². The van der Waals surface area contributed by atoms with E-state index in [1.165, 1.54) is 12.1 Å². The molecule has 0 saturated heterocycles. The summed E-state index contributed by atoms with van der Waals surface area (Å²) in [6.45, 7) is 0. The predicted octanol–water partition coefficient (Wildman–Crippen LogP) is 3.08. The summed E-state index contributed by atoms with van der Waals surface area (Å²) in [6.07, 6.45) is 3.29. The summed E-state index contributed by atoms with van der Waals surface area (Å²) >= 11 is 0. The summed E-state index contributed by atoms with van der Waals surface area (Å²) in [6, 6.07) is 16.5. The fraction of sp³-hybridized carbons (Fsp3) is 0.0455. The first-order valence-corrected chi connectivity index (χ1v) is 8.82. The second kappa shape index (κ2) is 4.86. The first-order valence-electron chi connectivity index (χ1n) is 8.82. The zero-order valence-electron chi connectivity index (χ0n) is 14.4. The van der Waals surface area contributed by atoms with Crippen LogP contribution in [-0.4, -0.2) is 16.0 Å². The molecule has 0 aliphatic heterocycles. The number of phenolic OH excluding ortho intramolecular Hbond substituents is 1. The van der Waals surface area contributed by atoms with Crippen LogP contribution in [0.4, 0.5) is 0 Å². The van der Waals surface area contributed by atoms with E-state index < -0.39 is 5.41 Å². The van der Waals surface area contributed by atoms with Crippen molar-refractivity contribution in [2.24, 2.45) is 0 Å². The largest absolute Gasteiger partial charge is 0.507 e. The van der Waals surface area contributed by atoms with Gasteiger partial charge in [0.1, 0.15) is 5.75 Å². The average Bonchev–Trinajstić information content (AvgIpc) is 3.10. The lowest BCUT2D eigenvalue weighted by molar-refractivity contribution is -0.793. The highest BCUT2D eigenvalue weighted by Crippen LogP contribution is 2.54. The Morgan fingerprint density at radius 3 is 2.71 bits per heavy atom. The molecule has 134 valence electrons. The number of hydrogen-bond acceptors (Lipinski definition) is 5. The summed E-state index contributed by atoms with van der Waals surface area (Å²) < 4.78 is 4.95. The molecule has 0 amide bonds. The summed E-state index contributed by atoms with van der Waals surface area (Å²) in [5.74, 6) is -0.265. The highest BCUT2D eigenvalue weighted by molar-refractivity contribution is 6.16. The fourth-order valence-electron chi connectivity index (χ4n) is 4.68. The molecule has 2 aliphatic rings. The van der Waals surface area contributed by atoms with Gasteiger partial charge in [-0.1, -0.05) is 54.6 Å². The van der Waals surface area contributed by atoms with Crippen molar-refractivity contribution >= 4 is 22.6 Å². The van der Waals surface area contributed by atoms with Gasteiger partial charge in [-0.25, -0.2) is 0 Å². The maximum absolute atomic E-state index is 13.5. The van der Waals surface area contributed by atoms with Crippen LogP contribution in [0.25, 0.3) is 28.1 Å².